The van der Waals surface area contributed by atoms with Crippen molar-refractivity contribution >= 4 is 11.8 Å². The minimum atomic E-state index is 1.11. The lowest BCUT2D eigenvalue weighted by molar-refractivity contribution is 0.830. The van der Waals surface area contributed by atoms with Crippen molar-refractivity contribution in [3.63, 3.8) is 0 Å². The summed E-state index contributed by atoms with van der Waals surface area (Å²) in [6.07, 6.45) is 4.34. The number of aryl methyl sites for hydroxylation is 1. The van der Waals surface area contributed by atoms with Crippen molar-refractivity contribution in [3.05, 3.63) is 35.9 Å². The van der Waals surface area contributed by atoms with E-state index in [-0.39, 0.29) is 0 Å². The van der Waals surface area contributed by atoms with Crippen LogP contribution in [0.5, 0.6) is 0 Å². The van der Waals surface area contributed by atoms with Crippen LogP contribution in [0.3, 0.4) is 0 Å². The van der Waals surface area contributed by atoms with Gasteiger partial charge in [-0.1, -0.05) is 18.7 Å². The largest absolute Gasteiger partial charge is 0.385 e. The summed E-state index contributed by atoms with van der Waals surface area (Å²) < 4.78 is 0. The molecule has 0 unspecified atom stereocenters. The van der Waals surface area contributed by atoms with Crippen LogP contribution in [0.25, 0.3) is 6.08 Å². The van der Waals surface area contributed by atoms with Crippen molar-refractivity contribution < 1.29 is 0 Å². The van der Waals surface area contributed by atoms with E-state index < -0.39 is 0 Å². The van der Waals surface area contributed by atoms with Gasteiger partial charge in [0.15, 0.2) is 0 Å². The predicted octanol–water partition coefficient (Wildman–Crippen LogP) is 2.69. The first kappa shape index (κ1) is 7.41. The van der Waals surface area contributed by atoms with Crippen LogP contribution in [0.2, 0.25) is 0 Å². The zero-order valence-electron chi connectivity index (χ0n) is 7.14. The third kappa shape index (κ3) is 1.22. The molecule has 0 bridgehead atoms. The van der Waals surface area contributed by atoms with Crippen LogP contribution in [0.1, 0.15) is 17.5 Å². The molecule has 62 valence electrons. The van der Waals surface area contributed by atoms with E-state index in [0.29, 0.717) is 0 Å². The van der Waals surface area contributed by atoms with E-state index in [9.17, 15) is 0 Å². The number of rotatable bonds is 1. The molecule has 0 saturated carbocycles. The maximum atomic E-state index is 3.76. The molecule has 0 spiro atoms. The molecule has 2 rings (SSSR count). The highest BCUT2D eigenvalue weighted by molar-refractivity contribution is 5.59. The lowest BCUT2D eigenvalue weighted by atomic mass is 10.0. The number of hydrogen-bond donors (Lipinski definition) is 1. The predicted molar refractivity (Wildman–Crippen MR) is 53.3 cm³/mol. The Morgan fingerprint density at radius 2 is 2.33 bits per heavy atom. The van der Waals surface area contributed by atoms with E-state index in [1.807, 2.05) is 6.08 Å². The van der Waals surface area contributed by atoms with Crippen LogP contribution in [-0.4, -0.2) is 6.54 Å². The Morgan fingerprint density at radius 1 is 1.42 bits per heavy atom. The van der Waals surface area contributed by atoms with Gasteiger partial charge in [-0.3, -0.25) is 0 Å². The summed E-state index contributed by atoms with van der Waals surface area (Å²) in [5.74, 6) is 0. The van der Waals surface area contributed by atoms with Gasteiger partial charge in [-0.15, -0.1) is 0 Å². The fourth-order valence-corrected chi connectivity index (χ4v) is 1.62. The number of benzene rings is 1. The molecule has 12 heavy (non-hydrogen) atoms. The minimum Gasteiger partial charge on any atom is -0.385 e. The first-order chi connectivity index (χ1) is 5.90. The SMILES string of the molecule is C=Cc1ccc2c(c1)CCCN2. The maximum absolute atomic E-state index is 3.76. The van der Waals surface area contributed by atoms with Crippen LogP contribution in [0.4, 0.5) is 5.69 Å². The highest BCUT2D eigenvalue weighted by atomic mass is 14.9. The quantitative estimate of drug-likeness (QED) is 0.664. The molecule has 1 aliphatic rings. The van der Waals surface area contributed by atoms with Crippen molar-refractivity contribution in [1.82, 2.24) is 0 Å². The zero-order chi connectivity index (χ0) is 8.39. The van der Waals surface area contributed by atoms with Crippen LogP contribution >= 0.6 is 0 Å². The molecule has 1 heterocycles. The van der Waals surface area contributed by atoms with E-state index in [2.05, 4.69) is 30.1 Å². The average Bonchev–Trinajstić information content (AvgIpc) is 2.17. The van der Waals surface area contributed by atoms with Crippen molar-refractivity contribution in [2.24, 2.45) is 0 Å². The van der Waals surface area contributed by atoms with Gasteiger partial charge in [0.1, 0.15) is 0 Å². The average molecular weight is 159 g/mol. The number of nitrogens with one attached hydrogen (secondary N) is 1. The Hall–Kier alpha value is -1.24. The van der Waals surface area contributed by atoms with Gasteiger partial charge in [0.05, 0.1) is 0 Å². The maximum Gasteiger partial charge on any atom is 0.0373 e. The van der Waals surface area contributed by atoms with E-state index in [4.69, 9.17) is 0 Å². The standard InChI is InChI=1S/C11H13N/c1-2-9-5-6-11-10(8-9)4-3-7-12-11/h2,5-6,8,12H,1,3-4,7H2. The summed E-state index contributed by atoms with van der Waals surface area (Å²) in [4.78, 5) is 0. The van der Waals surface area contributed by atoms with E-state index in [1.54, 1.807) is 0 Å². The first-order valence-electron chi connectivity index (χ1n) is 4.39. The molecule has 0 amide bonds. The van der Waals surface area contributed by atoms with Gasteiger partial charge in [0.2, 0.25) is 0 Å². The van der Waals surface area contributed by atoms with Gasteiger partial charge < -0.3 is 5.32 Å². The number of fused-ring (bicyclic) bond motifs is 1. The second-order valence-corrected chi connectivity index (χ2v) is 3.15. The van der Waals surface area contributed by atoms with Gasteiger partial charge in [0, 0.05) is 12.2 Å². The molecule has 0 aliphatic carbocycles. The second-order valence-electron chi connectivity index (χ2n) is 3.15. The summed E-state index contributed by atoms with van der Waals surface area (Å²) in [7, 11) is 0. The Labute approximate surface area is 73.1 Å². The topological polar surface area (TPSA) is 12.0 Å². The molecule has 0 saturated heterocycles. The van der Waals surface area contributed by atoms with Gasteiger partial charge in [0.25, 0.3) is 0 Å². The molecule has 0 aromatic heterocycles. The monoisotopic (exact) mass is 159 g/mol. The smallest absolute Gasteiger partial charge is 0.0373 e. The molecule has 1 nitrogen and oxygen atoms in total. The molecule has 0 radical (unpaired) electrons. The number of hydrogen-bond acceptors (Lipinski definition) is 1. The molecule has 0 fully saturated rings. The molecule has 1 aromatic carbocycles. The third-order valence-electron chi connectivity index (χ3n) is 2.30. The lowest BCUT2D eigenvalue weighted by Crippen LogP contribution is -2.11. The number of anilines is 1. The Balaban J connectivity index is 2.42. The summed E-state index contributed by atoms with van der Waals surface area (Å²) >= 11 is 0. The zero-order valence-corrected chi connectivity index (χ0v) is 7.14. The van der Waals surface area contributed by atoms with Gasteiger partial charge in [-0.25, -0.2) is 0 Å². The molecular formula is C11H13N. The third-order valence-corrected chi connectivity index (χ3v) is 2.30. The normalized spacial score (nSPS) is 14.7. The fourth-order valence-electron chi connectivity index (χ4n) is 1.62. The van der Waals surface area contributed by atoms with Gasteiger partial charge in [-0.05, 0) is 36.1 Å². The van der Waals surface area contributed by atoms with Crippen LogP contribution in [0.15, 0.2) is 24.8 Å². The van der Waals surface area contributed by atoms with Crippen molar-refractivity contribution in [2.75, 3.05) is 11.9 Å². The second kappa shape index (κ2) is 3.02. The summed E-state index contributed by atoms with van der Waals surface area (Å²) in [5, 5.41) is 3.38. The van der Waals surface area contributed by atoms with Crippen LogP contribution < -0.4 is 5.32 Å². The molecule has 1 aliphatic heterocycles. The molecular weight excluding hydrogens is 146 g/mol. The van der Waals surface area contributed by atoms with E-state index in [0.717, 1.165) is 6.54 Å². The fraction of sp³-hybridized carbons (Fsp3) is 0.273. The first-order valence-corrected chi connectivity index (χ1v) is 4.39. The molecule has 1 aromatic rings. The van der Waals surface area contributed by atoms with E-state index in [1.165, 1.54) is 29.7 Å². The Bertz CT molecular complexity index is 302. The summed E-state index contributed by atoms with van der Waals surface area (Å²) in [5.41, 5.74) is 3.95. The minimum absolute atomic E-state index is 1.11. The lowest BCUT2D eigenvalue weighted by Gasteiger charge is -2.17. The Kier molecular flexibility index (Phi) is 1.86. The van der Waals surface area contributed by atoms with Gasteiger partial charge in [-0.2, -0.15) is 0 Å². The summed E-state index contributed by atoms with van der Waals surface area (Å²) in [6, 6.07) is 6.46. The highest BCUT2D eigenvalue weighted by Crippen LogP contribution is 2.22. The summed E-state index contributed by atoms with van der Waals surface area (Å²) in [6.45, 7) is 4.87. The molecule has 1 N–H and O–H groups in total. The Morgan fingerprint density at radius 3 is 3.17 bits per heavy atom. The van der Waals surface area contributed by atoms with E-state index >= 15 is 0 Å². The van der Waals surface area contributed by atoms with Crippen molar-refractivity contribution in [2.45, 2.75) is 12.8 Å². The van der Waals surface area contributed by atoms with Gasteiger partial charge >= 0.3 is 0 Å². The van der Waals surface area contributed by atoms with Crippen molar-refractivity contribution in [3.8, 4) is 0 Å². The van der Waals surface area contributed by atoms with Crippen LogP contribution in [0, 0.1) is 0 Å². The van der Waals surface area contributed by atoms with Crippen molar-refractivity contribution in [1.29, 1.82) is 0 Å². The van der Waals surface area contributed by atoms with Crippen LogP contribution in [-0.2, 0) is 6.42 Å². The molecule has 1 heteroatoms. The molecule has 0 atom stereocenters. The highest BCUT2D eigenvalue weighted by Gasteiger charge is 2.06.